The van der Waals surface area contributed by atoms with Gasteiger partial charge in [-0.25, -0.2) is 10.2 Å². The van der Waals surface area contributed by atoms with Crippen molar-refractivity contribution in [2.24, 2.45) is 5.92 Å². The summed E-state index contributed by atoms with van der Waals surface area (Å²) in [5, 5.41) is 11.2. The van der Waals surface area contributed by atoms with Crippen LogP contribution in [0.2, 0.25) is 0 Å². The number of hydrogen-bond acceptors (Lipinski definition) is 3. The van der Waals surface area contributed by atoms with Gasteiger partial charge in [0.2, 0.25) is 5.91 Å². The van der Waals surface area contributed by atoms with E-state index in [4.69, 9.17) is 5.11 Å². The van der Waals surface area contributed by atoms with Crippen LogP contribution in [-0.4, -0.2) is 23.0 Å². The molecule has 7 nitrogen and oxygen atoms in total. The van der Waals surface area contributed by atoms with Crippen molar-refractivity contribution in [3.63, 3.8) is 0 Å². The number of urea groups is 1. The highest BCUT2D eigenvalue weighted by molar-refractivity contribution is 5.91. The summed E-state index contributed by atoms with van der Waals surface area (Å²) in [6, 6.07) is 6.66. The van der Waals surface area contributed by atoms with E-state index in [2.05, 4.69) is 16.2 Å². The van der Waals surface area contributed by atoms with Gasteiger partial charge in [0.15, 0.2) is 0 Å². The van der Waals surface area contributed by atoms with Gasteiger partial charge in [-0.1, -0.05) is 25.1 Å². The Labute approximate surface area is 122 Å². The molecule has 0 heterocycles. The van der Waals surface area contributed by atoms with Crippen LogP contribution in [0.3, 0.4) is 0 Å². The molecule has 0 spiro atoms. The van der Waals surface area contributed by atoms with Crippen molar-refractivity contribution in [2.75, 3.05) is 5.32 Å². The van der Waals surface area contributed by atoms with E-state index in [1.807, 2.05) is 19.1 Å². The van der Waals surface area contributed by atoms with Crippen LogP contribution in [0.4, 0.5) is 10.5 Å². The van der Waals surface area contributed by atoms with Crippen LogP contribution in [0.5, 0.6) is 0 Å². The Bertz CT molecular complexity index is 531. The molecule has 1 unspecified atom stereocenters. The first kappa shape index (κ1) is 16.5. The van der Waals surface area contributed by atoms with E-state index in [-0.39, 0.29) is 18.8 Å². The number of nitrogens with one attached hydrogen (secondary N) is 3. The lowest BCUT2D eigenvalue weighted by Gasteiger charge is -2.12. The van der Waals surface area contributed by atoms with Gasteiger partial charge in [-0.3, -0.25) is 15.0 Å². The van der Waals surface area contributed by atoms with E-state index >= 15 is 0 Å². The van der Waals surface area contributed by atoms with Gasteiger partial charge in [0.05, 0.1) is 0 Å². The number of aliphatic carboxylic acids is 1. The van der Waals surface area contributed by atoms with Gasteiger partial charge in [0.25, 0.3) is 0 Å². The fourth-order valence-corrected chi connectivity index (χ4v) is 1.73. The van der Waals surface area contributed by atoms with E-state index in [9.17, 15) is 14.4 Å². The zero-order valence-electron chi connectivity index (χ0n) is 12.0. The van der Waals surface area contributed by atoms with Crippen LogP contribution in [0.15, 0.2) is 24.3 Å². The molecule has 0 fully saturated rings. The number of benzene rings is 1. The Morgan fingerprint density at radius 1 is 1.14 bits per heavy atom. The van der Waals surface area contributed by atoms with Crippen molar-refractivity contribution < 1.29 is 19.5 Å². The molecule has 1 atom stereocenters. The third-order valence-corrected chi connectivity index (χ3v) is 2.77. The third-order valence-electron chi connectivity index (χ3n) is 2.77. The average molecular weight is 293 g/mol. The number of amides is 3. The minimum absolute atomic E-state index is 0.0247. The SMILES string of the molecule is Cc1ccccc1NC(=O)NNC(=O)CC(C)CC(=O)O. The number of carbonyl (C=O) groups excluding carboxylic acids is 2. The number of carbonyl (C=O) groups is 3. The van der Waals surface area contributed by atoms with Gasteiger partial charge in [-0.2, -0.15) is 0 Å². The van der Waals surface area contributed by atoms with Crippen LogP contribution in [0.25, 0.3) is 0 Å². The zero-order valence-corrected chi connectivity index (χ0v) is 12.0. The largest absolute Gasteiger partial charge is 0.481 e. The fourth-order valence-electron chi connectivity index (χ4n) is 1.73. The number of hydrogen-bond donors (Lipinski definition) is 4. The number of carboxylic acid groups (broad SMARTS) is 1. The first-order valence-corrected chi connectivity index (χ1v) is 6.51. The lowest BCUT2D eigenvalue weighted by Crippen LogP contribution is -2.44. The van der Waals surface area contributed by atoms with Gasteiger partial charge >= 0.3 is 12.0 Å². The molecule has 0 bridgehead atoms. The number of aryl methyl sites for hydroxylation is 1. The molecular formula is C14H19N3O4. The second kappa shape index (κ2) is 7.88. The minimum Gasteiger partial charge on any atom is -0.481 e. The van der Waals surface area contributed by atoms with Crippen LogP contribution < -0.4 is 16.2 Å². The van der Waals surface area contributed by atoms with Gasteiger partial charge in [0, 0.05) is 18.5 Å². The highest BCUT2D eigenvalue weighted by Crippen LogP contribution is 2.12. The number of hydrazine groups is 1. The second-order valence-corrected chi connectivity index (χ2v) is 4.85. The van der Waals surface area contributed by atoms with E-state index in [0.29, 0.717) is 5.69 Å². The van der Waals surface area contributed by atoms with Crippen molar-refractivity contribution in [3.8, 4) is 0 Å². The molecule has 0 aliphatic rings. The molecule has 3 amide bonds. The summed E-state index contributed by atoms with van der Waals surface area (Å²) in [5.41, 5.74) is 5.99. The predicted octanol–water partition coefficient (Wildman–Crippen LogP) is 1.65. The number of rotatable bonds is 5. The molecule has 0 aliphatic heterocycles. The molecular weight excluding hydrogens is 274 g/mol. The van der Waals surface area contributed by atoms with E-state index < -0.39 is 17.9 Å². The monoisotopic (exact) mass is 293 g/mol. The van der Waals surface area contributed by atoms with E-state index in [0.717, 1.165) is 5.56 Å². The van der Waals surface area contributed by atoms with Gasteiger partial charge in [-0.05, 0) is 24.5 Å². The quantitative estimate of drug-likeness (QED) is 0.619. The number of anilines is 1. The normalized spacial score (nSPS) is 11.3. The van der Waals surface area contributed by atoms with Crippen LogP contribution in [-0.2, 0) is 9.59 Å². The maximum absolute atomic E-state index is 11.6. The Morgan fingerprint density at radius 2 is 1.81 bits per heavy atom. The summed E-state index contributed by atoms with van der Waals surface area (Å²) in [6.45, 7) is 3.50. The molecule has 7 heteroatoms. The van der Waals surface area contributed by atoms with E-state index in [1.165, 1.54) is 0 Å². The van der Waals surface area contributed by atoms with Crippen LogP contribution in [0.1, 0.15) is 25.3 Å². The van der Waals surface area contributed by atoms with Gasteiger partial charge in [0.1, 0.15) is 0 Å². The molecule has 21 heavy (non-hydrogen) atoms. The van der Waals surface area contributed by atoms with Gasteiger partial charge in [-0.15, -0.1) is 0 Å². The molecule has 0 saturated carbocycles. The first-order valence-electron chi connectivity index (χ1n) is 6.51. The maximum Gasteiger partial charge on any atom is 0.337 e. The number of para-hydroxylation sites is 1. The smallest absolute Gasteiger partial charge is 0.337 e. The van der Waals surface area contributed by atoms with Crippen LogP contribution in [0, 0.1) is 12.8 Å². The van der Waals surface area contributed by atoms with Crippen molar-refractivity contribution >= 4 is 23.6 Å². The predicted molar refractivity (Wildman–Crippen MR) is 77.5 cm³/mol. The van der Waals surface area contributed by atoms with Crippen molar-refractivity contribution in [3.05, 3.63) is 29.8 Å². The van der Waals surface area contributed by atoms with Gasteiger partial charge < -0.3 is 10.4 Å². The van der Waals surface area contributed by atoms with Crippen molar-refractivity contribution in [1.82, 2.24) is 10.9 Å². The summed E-state index contributed by atoms with van der Waals surface area (Å²) < 4.78 is 0. The number of carboxylic acids is 1. The molecule has 0 aromatic heterocycles. The van der Waals surface area contributed by atoms with Crippen molar-refractivity contribution in [2.45, 2.75) is 26.7 Å². The average Bonchev–Trinajstić information content (AvgIpc) is 2.38. The highest BCUT2D eigenvalue weighted by atomic mass is 16.4. The molecule has 4 N–H and O–H groups in total. The topological polar surface area (TPSA) is 108 Å². The summed E-state index contributed by atoms with van der Waals surface area (Å²) in [6.07, 6.45) is -0.0697. The third kappa shape index (κ3) is 6.42. The molecule has 0 saturated heterocycles. The van der Waals surface area contributed by atoms with Crippen LogP contribution >= 0.6 is 0 Å². The molecule has 114 valence electrons. The molecule has 1 rings (SSSR count). The standard InChI is InChI=1S/C14H19N3O4/c1-9(8-13(19)20)7-12(18)16-17-14(21)15-11-6-4-3-5-10(11)2/h3-6,9H,7-8H2,1-2H3,(H,16,18)(H,19,20)(H2,15,17,21). The lowest BCUT2D eigenvalue weighted by molar-refractivity contribution is -0.138. The lowest BCUT2D eigenvalue weighted by atomic mass is 10.0. The molecule has 1 aromatic carbocycles. The molecule has 1 aromatic rings. The molecule has 0 radical (unpaired) electrons. The summed E-state index contributed by atoms with van der Waals surface area (Å²) in [4.78, 5) is 33.6. The zero-order chi connectivity index (χ0) is 15.8. The summed E-state index contributed by atoms with van der Waals surface area (Å²) in [7, 11) is 0. The maximum atomic E-state index is 11.6. The Balaban J connectivity index is 2.34. The summed E-state index contributed by atoms with van der Waals surface area (Å²) >= 11 is 0. The Hall–Kier alpha value is -2.57. The fraction of sp³-hybridized carbons (Fsp3) is 0.357. The Kier molecular flexibility index (Phi) is 6.19. The van der Waals surface area contributed by atoms with E-state index in [1.54, 1.807) is 19.1 Å². The summed E-state index contributed by atoms with van der Waals surface area (Å²) in [5.74, 6) is -1.70. The molecule has 0 aliphatic carbocycles. The first-order chi connectivity index (χ1) is 9.88. The van der Waals surface area contributed by atoms with Crippen molar-refractivity contribution in [1.29, 1.82) is 0 Å². The highest BCUT2D eigenvalue weighted by Gasteiger charge is 2.13. The minimum atomic E-state index is -0.958. The Morgan fingerprint density at radius 3 is 2.43 bits per heavy atom. The second-order valence-electron chi connectivity index (χ2n) is 4.85.